The number of esters is 1. The number of ether oxygens (including phenoxy) is 2. The lowest BCUT2D eigenvalue weighted by atomic mass is 10.2. The largest absolute Gasteiger partial charge is 0.491 e. The average Bonchev–Trinajstić information content (AvgIpc) is 2.89. The standard InChI is InChI=1S/C16H17N3O3/c1-3-8-22-13-7-5-4-6-12(13)19-10-11(9-17)14(18)15(19)16(20)21-2/h4-7,10H,3,8,18H2,1-2H3. The monoisotopic (exact) mass is 299 g/mol. The van der Waals surface area contributed by atoms with Gasteiger partial charge in [0.25, 0.3) is 0 Å². The minimum Gasteiger partial charge on any atom is -0.491 e. The van der Waals surface area contributed by atoms with Crippen LogP contribution in [0.4, 0.5) is 5.69 Å². The number of para-hydroxylation sites is 2. The third-order valence-corrected chi connectivity index (χ3v) is 3.13. The topological polar surface area (TPSA) is 90.3 Å². The van der Waals surface area contributed by atoms with Gasteiger partial charge >= 0.3 is 5.97 Å². The first-order chi connectivity index (χ1) is 10.6. The van der Waals surface area contributed by atoms with Crippen LogP contribution in [0, 0.1) is 11.3 Å². The summed E-state index contributed by atoms with van der Waals surface area (Å²) in [7, 11) is 1.27. The Morgan fingerprint density at radius 3 is 2.77 bits per heavy atom. The van der Waals surface area contributed by atoms with Gasteiger partial charge in [-0.05, 0) is 18.6 Å². The lowest BCUT2D eigenvalue weighted by molar-refractivity contribution is 0.0593. The van der Waals surface area contributed by atoms with Crippen LogP contribution in [-0.4, -0.2) is 24.3 Å². The zero-order chi connectivity index (χ0) is 16.1. The highest BCUT2D eigenvalue weighted by Crippen LogP contribution is 2.29. The minimum atomic E-state index is -0.607. The highest BCUT2D eigenvalue weighted by atomic mass is 16.5. The highest BCUT2D eigenvalue weighted by Gasteiger charge is 2.23. The van der Waals surface area contributed by atoms with E-state index in [1.54, 1.807) is 12.1 Å². The number of benzene rings is 1. The fourth-order valence-electron chi connectivity index (χ4n) is 2.09. The Balaban J connectivity index is 2.63. The molecule has 1 aromatic carbocycles. The maximum Gasteiger partial charge on any atom is 0.357 e. The number of anilines is 1. The van der Waals surface area contributed by atoms with E-state index in [1.165, 1.54) is 17.9 Å². The predicted octanol–water partition coefficient (Wildman–Crippen LogP) is 2.51. The molecule has 0 aliphatic rings. The molecule has 6 heteroatoms. The quantitative estimate of drug-likeness (QED) is 0.857. The third-order valence-electron chi connectivity index (χ3n) is 3.13. The van der Waals surface area contributed by atoms with Crippen LogP contribution in [0.3, 0.4) is 0 Å². The van der Waals surface area contributed by atoms with E-state index in [1.807, 2.05) is 25.1 Å². The molecular weight excluding hydrogens is 282 g/mol. The highest BCUT2D eigenvalue weighted by molar-refractivity contribution is 5.96. The number of rotatable bonds is 5. The molecule has 0 fully saturated rings. The summed E-state index contributed by atoms with van der Waals surface area (Å²) in [5, 5.41) is 9.14. The van der Waals surface area contributed by atoms with E-state index in [0.29, 0.717) is 18.0 Å². The average molecular weight is 299 g/mol. The van der Waals surface area contributed by atoms with E-state index in [2.05, 4.69) is 0 Å². The van der Waals surface area contributed by atoms with Gasteiger partial charge in [0, 0.05) is 6.20 Å². The van der Waals surface area contributed by atoms with E-state index < -0.39 is 5.97 Å². The molecule has 0 aliphatic carbocycles. The Kier molecular flexibility index (Phi) is 4.69. The summed E-state index contributed by atoms with van der Waals surface area (Å²) in [5.74, 6) is -0.00159. The first-order valence-corrected chi connectivity index (χ1v) is 6.85. The van der Waals surface area contributed by atoms with Gasteiger partial charge in [0.1, 0.15) is 11.8 Å². The summed E-state index contributed by atoms with van der Waals surface area (Å²) < 4.78 is 12.0. The molecular formula is C16H17N3O3. The summed E-state index contributed by atoms with van der Waals surface area (Å²) in [5.41, 5.74) is 6.95. The number of aromatic nitrogens is 1. The van der Waals surface area contributed by atoms with Crippen molar-refractivity contribution in [3.63, 3.8) is 0 Å². The molecule has 2 rings (SSSR count). The maximum absolute atomic E-state index is 12.0. The second-order valence-electron chi connectivity index (χ2n) is 4.59. The molecule has 0 atom stereocenters. The molecule has 0 radical (unpaired) electrons. The van der Waals surface area contributed by atoms with Gasteiger partial charge in [0.2, 0.25) is 0 Å². The van der Waals surface area contributed by atoms with Crippen molar-refractivity contribution >= 4 is 11.7 Å². The number of nitrogens with zero attached hydrogens (tertiary/aromatic N) is 2. The Morgan fingerprint density at radius 2 is 2.14 bits per heavy atom. The number of carbonyl (C=O) groups excluding carboxylic acids is 1. The second-order valence-corrected chi connectivity index (χ2v) is 4.59. The summed E-state index contributed by atoms with van der Waals surface area (Å²) in [6, 6.07) is 9.22. The Morgan fingerprint density at radius 1 is 1.41 bits per heavy atom. The SMILES string of the molecule is CCCOc1ccccc1-n1cc(C#N)c(N)c1C(=O)OC. The van der Waals surface area contributed by atoms with Crippen LogP contribution < -0.4 is 10.5 Å². The van der Waals surface area contributed by atoms with Gasteiger partial charge in [0.05, 0.1) is 30.7 Å². The van der Waals surface area contributed by atoms with Crippen LogP contribution in [-0.2, 0) is 4.74 Å². The zero-order valence-electron chi connectivity index (χ0n) is 12.5. The number of nitrogen functional groups attached to an aromatic ring is 1. The molecule has 114 valence electrons. The van der Waals surface area contributed by atoms with Crippen molar-refractivity contribution in [2.75, 3.05) is 19.5 Å². The minimum absolute atomic E-state index is 0.0969. The lowest BCUT2D eigenvalue weighted by Gasteiger charge is -2.13. The Bertz CT molecular complexity index is 729. The molecule has 0 amide bonds. The van der Waals surface area contributed by atoms with Gasteiger partial charge in [0.15, 0.2) is 5.69 Å². The van der Waals surface area contributed by atoms with E-state index in [4.69, 9.17) is 20.5 Å². The van der Waals surface area contributed by atoms with Crippen molar-refractivity contribution in [3.05, 3.63) is 41.7 Å². The summed E-state index contributed by atoms with van der Waals surface area (Å²) in [6.07, 6.45) is 2.37. The molecule has 0 bridgehead atoms. The molecule has 6 nitrogen and oxygen atoms in total. The number of carbonyl (C=O) groups is 1. The van der Waals surface area contributed by atoms with Gasteiger partial charge in [-0.25, -0.2) is 4.79 Å². The van der Waals surface area contributed by atoms with Crippen LogP contribution in [0.2, 0.25) is 0 Å². The van der Waals surface area contributed by atoms with Crippen LogP contribution in [0.1, 0.15) is 29.4 Å². The molecule has 2 N–H and O–H groups in total. The van der Waals surface area contributed by atoms with Crippen LogP contribution in [0.5, 0.6) is 5.75 Å². The molecule has 1 heterocycles. The first-order valence-electron chi connectivity index (χ1n) is 6.85. The van der Waals surface area contributed by atoms with Crippen molar-refractivity contribution in [3.8, 4) is 17.5 Å². The molecule has 0 aliphatic heterocycles. The number of hydrogen-bond acceptors (Lipinski definition) is 5. The predicted molar refractivity (Wildman–Crippen MR) is 82.0 cm³/mol. The van der Waals surface area contributed by atoms with E-state index in [9.17, 15) is 4.79 Å². The molecule has 1 aromatic heterocycles. The summed E-state index contributed by atoms with van der Waals surface area (Å²) in [4.78, 5) is 12.0. The number of nitrogens with two attached hydrogens (primary N) is 1. The smallest absolute Gasteiger partial charge is 0.357 e. The molecule has 0 unspecified atom stereocenters. The van der Waals surface area contributed by atoms with Crippen molar-refractivity contribution in [1.82, 2.24) is 4.57 Å². The van der Waals surface area contributed by atoms with Crippen molar-refractivity contribution in [2.45, 2.75) is 13.3 Å². The molecule has 0 saturated carbocycles. The molecule has 0 saturated heterocycles. The fourth-order valence-corrected chi connectivity index (χ4v) is 2.09. The number of methoxy groups -OCH3 is 1. The molecule has 22 heavy (non-hydrogen) atoms. The Hall–Kier alpha value is -2.94. The van der Waals surface area contributed by atoms with Crippen molar-refractivity contribution in [1.29, 1.82) is 5.26 Å². The lowest BCUT2D eigenvalue weighted by Crippen LogP contribution is -2.12. The summed E-state index contributed by atoms with van der Waals surface area (Å²) in [6.45, 7) is 2.55. The van der Waals surface area contributed by atoms with Gasteiger partial charge in [-0.3, -0.25) is 0 Å². The number of nitriles is 1. The van der Waals surface area contributed by atoms with Gasteiger partial charge in [-0.1, -0.05) is 19.1 Å². The van der Waals surface area contributed by atoms with Gasteiger partial charge < -0.3 is 19.8 Å². The fraction of sp³-hybridized carbons (Fsp3) is 0.250. The maximum atomic E-state index is 12.0. The van der Waals surface area contributed by atoms with Crippen LogP contribution >= 0.6 is 0 Å². The van der Waals surface area contributed by atoms with Crippen LogP contribution in [0.25, 0.3) is 5.69 Å². The Labute approximate surface area is 128 Å². The zero-order valence-corrected chi connectivity index (χ0v) is 12.5. The van der Waals surface area contributed by atoms with Gasteiger partial charge in [-0.15, -0.1) is 0 Å². The van der Waals surface area contributed by atoms with Gasteiger partial charge in [-0.2, -0.15) is 5.26 Å². The van der Waals surface area contributed by atoms with E-state index in [0.717, 1.165) is 6.42 Å². The molecule has 2 aromatic rings. The summed E-state index contributed by atoms with van der Waals surface area (Å²) >= 11 is 0. The first kappa shape index (κ1) is 15.4. The molecule has 0 spiro atoms. The van der Waals surface area contributed by atoms with Crippen molar-refractivity contribution in [2.24, 2.45) is 0 Å². The second kappa shape index (κ2) is 6.68. The van der Waals surface area contributed by atoms with E-state index >= 15 is 0 Å². The third kappa shape index (κ3) is 2.74. The van der Waals surface area contributed by atoms with Crippen LogP contribution in [0.15, 0.2) is 30.5 Å². The van der Waals surface area contributed by atoms with E-state index in [-0.39, 0.29) is 16.9 Å². The van der Waals surface area contributed by atoms with Crippen molar-refractivity contribution < 1.29 is 14.3 Å². The number of hydrogen-bond donors (Lipinski definition) is 1. The normalized spacial score (nSPS) is 10.0.